The number of rotatable bonds is 3. The summed E-state index contributed by atoms with van der Waals surface area (Å²) in [5, 5.41) is 9.22. The minimum absolute atomic E-state index is 0.209. The summed E-state index contributed by atoms with van der Waals surface area (Å²) in [5.74, 6) is -0.100. The number of imide groups is 1. The van der Waals surface area contributed by atoms with Gasteiger partial charge in [0.2, 0.25) is 0 Å². The number of anilines is 1. The van der Waals surface area contributed by atoms with Crippen LogP contribution in [0.1, 0.15) is 17.0 Å². The van der Waals surface area contributed by atoms with Gasteiger partial charge in [-0.1, -0.05) is 18.2 Å². The Morgan fingerprint density at radius 1 is 0.929 bits per heavy atom. The van der Waals surface area contributed by atoms with Gasteiger partial charge >= 0.3 is 0 Å². The first-order valence-electron chi connectivity index (χ1n) is 8.77. The number of hydrogen-bond acceptors (Lipinski definition) is 4. The highest BCUT2D eigenvalue weighted by atomic mass is 32.2. The molecule has 2 amide bonds. The minimum Gasteiger partial charge on any atom is -0.508 e. The van der Waals surface area contributed by atoms with Gasteiger partial charge < -0.3 is 9.67 Å². The number of aromatic nitrogens is 1. The topological polar surface area (TPSA) is 62.5 Å². The summed E-state index contributed by atoms with van der Waals surface area (Å²) >= 11 is 0.949. The fourth-order valence-corrected chi connectivity index (χ4v) is 4.17. The van der Waals surface area contributed by atoms with Gasteiger partial charge in [-0.15, -0.1) is 0 Å². The van der Waals surface area contributed by atoms with E-state index in [4.69, 9.17) is 0 Å². The van der Waals surface area contributed by atoms with Crippen molar-refractivity contribution in [2.24, 2.45) is 0 Å². The second-order valence-corrected chi connectivity index (χ2v) is 7.52. The molecule has 1 N–H and O–H groups in total. The summed E-state index contributed by atoms with van der Waals surface area (Å²) < 4.78 is 2.05. The quantitative estimate of drug-likeness (QED) is 0.637. The lowest BCUT2D eigenvalue weighted by Crippen LogP contribution is -2.27. The van der Waals surface area contributed by atoms with E-state index in [1.807, 2.05) is 42.7 Å². The predicted molar refractivity (Wildman–Crippen MR) is 112 cm³/mol. The maximum absolute atomic E-state index is 12.8. The first kappa shape index (κ1) is 18.1. The molecule has 0 atom stereocenters. The third-order valence-corrected chi connectivity index (χ3v) is 5.54. The Kier molecular flexibility index (Phi) is 4.57. The standard InChI is InChI=1S/C22H18N2O3S/c1-14-12-16(15(2)23(14)18-8-10-19(25)11-9-18)13-20-21(26)24(22(27)28-20)17-6-4-3-5-7-17/h3-13,25H,1-2H3. The second kappa shape index (κ2) is 7.05. The van der Waals surface area contributed by atoms with Gasteiger partial charge in [0.25, 0.3) is 11.1 Å². The van der Waals surface area contributed by atoms with Crippen LogP contribution < -0.4 is 4.90 Å². The lowest BCUT2D eigenvalue weighted by Gasteiger charge is -2.11. The molecule has 3 aromatic rings. The summed E-state index contributed by atoms with van der Waals surface area (Å²) in [6, 6.07) is 17.9. The molecular formula is C22H18N2O3S. The van der Waals surface area contributed by atoms with Gasteiger partial charge in [-0.05, 0) is 79.7 Å². The smallest absolute Gasteiger partial charge is 0.298 e. The van der Waals surface area contributed by atoms with E-state index in [0.29, 0.717) is 10.6 Å². The van der Waals surface area contributed by atoms with Crippen LogP contribution in [0.5, 0.6) is 5.75 Å². The number of carbonyl (C=O) groups excluding carboxylic acids is 2. The van der Waals surface area contributed by atoms with Crippen LogP contribution in [-0.2, 0) is 4.79 Å². The van der Waals surface area contributed by atoms with Gasteiger partial charge in [-0.2, -0.15) is 0 Å². The molecule has 1 saturated heterocycles. The SMILES string of the molecule is Cc1cc(C=C2SC(=O)N(c3ccccc3)C2=O)c(C)n1-c1ccc(O)cc1. The Hall–Kier alpha value is -3.25. The van der Waals surface area contributed by atoms with Gasteiger partial charge in [0.05, 0.1) is 10.6 Å². The number of phenols is 1. The number of para-hydroxylation sites is 1. The Bertz CT molecular complexity index is 1100. The molecule has 1 aliphatic rings. The fourth-order valence-electron chi connectivity index (χ4n) is 3.34. The molecule has 2 aromatic carbocycles. The highest BCUT2D eigenvalue weighted by Crippen LogP contribution is 2.36. The van der Waals surface area contributed by atoms with Crippen molar-refractivity contribution in [3.8, 4) is 11.4 Å². The second-order valence-electron chi connectivity index (χ2n) is 6.53. The Labute approximate surface area is 166 Å². The molecule has 5 nitrogen and oxygen atoms in total. The molecule has 6 heteroatoms. The molecule has 1 aromatic heterocycles. The van der Waals surface area contributed by atoms with Gasteiger partial charge in [0.15, 0.2) is 0 Å². The summed E-state index contributed by atoms with van der Waals surface area (Å²) in [7, 11) is 0. The van der Waals surface area contributed by atoms with Crippen LogP contribution in [0.2, 0.25) is 0 Å². The largest absolute Gasteiger partial charge is 0.508 e. The highest BCUT2D eigenvalue weighted by Gasteiger charge is 2.36. The number of aromatic hydroxyl groups is 1. The third kappa shape index (κ3) is 3.12. The maximum Gasteiger partial charge on any atom is 0.298 e. The van der Waals surface area contributed by atoms with E-state index in [9.17, 15) is 14.7 Å². The molecule has 140 valence electrons. The average Bonchev–Trinajstić information content (AvgIpc) is 3.12. The van der Waals surface area contributed by atoms with E-state index in [2.05, 4.69) is 0 Å². The first-order chi connectivity index (χ1) is 13.5. The van der Waals surface area contributed by atoms with Crippen LogP contribution >= 0.6 is 11.8 Å². The summed E-state index contributed by atoms with van der Waals surface area (Å²) in [6.45, 7) is 3.94. The van der Waals surface area contributed by atoms with Crippen LogP contribution in [0.25, 0.3) is 11.8 Å². The number of amides is 2. The summed E-state index contributed by atoms with van der Waals surface area (Å²) in [6.07, 6.45) is 1.77. The maximum atomic E-state index is 12.8. The highest BCUT2D eigenvalue weighted by molar-refractivity contribution is 8.19. The van der Waals surface area contributed by atoms with Crippen molar-refractivity contribution in [1.29, 1.82) is 0 Å². The number of benzene rings is 2. The molecule has 1 aliphatic heterocycles. The molecule has 0 saturated carbocycles. The van der Waals surface area contributed by atoms with Gasteiger partial charge in [-0.25, -0.2) is 4.90 Å². The molecule has 0 spiro atoms. The number of aryl methyl sites for hydroxylation is 1. The van der Waals surface area contributed by atoms with Gasteiger partial charge in [0, 0.05) is 17.1 Å². The molecule has 1 fully saturated rings. The van der Waals surface area contributed by atoms with E-state index in [1.165, 1.54) is 4.90 Å². The lowest BCUT2D eigenvalue weighted by molar-refractivity contribution is -0.113. The zero-order valence-corrected chi connectivity index (χ0v) is 16.2. The molecular weight excluding hydrogens is 372 g/mol. The lowest BCUT2D eigenvalue weighted by atomic mass is 10.2. The monoisotopic (exact) mass is 390 g/mol. The number of phenolic OH excluding ortho intramolecular Hbond substituents is 1. The molecule has 0 aliphatic carbocycles. The zero-order chi connectivity index (χ0) is 19.8. The molecule has 0 unspecified atom stereocenters. The number of carbonyl (C=O) groups is 2. The molecule has 4 rings (SSSR count). The Balaban J connectivity index is 1.70. The molecule has 0 radical (unpaired) electrons. The van der Waals surface area contributed by atoms with Crippen molar-refractivity contribution < 1.29 is 14.7 Å². The van der Waals surface area contributed by atoms with Gasteiger partial charge in [-0.3, -0.25) is 9.59 Å². The normalized spacial score (nSPS) is 15.6. The van der Waals surface area contributed by atoms with E-state index >= 15 is 0 Å². The number of nitrogens with zero attached hydrogens (tertiary/aromatic N) is 2. The molecule has 0 bridgehead atoms. The fraction of sp³-hybridized carbons (Fsp3) is 0.0909. The van der Waals surface area contributed by atoms with E-state index in [1.54, 1.807) is 42.5 Å². The molecule has 28 heavy (non-hydrogen) atoms. The zero-order valence-electron chi connectivity index (χ0n) is 15.4. The van der Waals surface area contributed by atoms with Crippen molar-refractivity contribution in [3.63, 3.8) is 0 Å². The van der Waals surface area contributed by atoms with Gasteiger partial charge in [0.1, 0.15) is 5.75 Å². The minimum atomic E-state index is -0.310. The average molecular weight is 390 g/mol. The van der Waals surface area contributed by atoms with Crippen LogP contribution in [0, 0.1) is 13.8 Å². The predicted octanol–water partition coefficient (Wildman–Crippen LogP) is 5.04. The van der Waals surface area contributed by atoms with E-state index in [-0.39, 0.29) is 16.9 Å². The van der Waals surface area contributed by atoms with Crippen molar-refractivity contribution >= 4 is 34.7 Å². The Morgan fingerprint density at radius 3 is 2.29 bits per heavy atom. The Morgan fingerprint density at radius 2 is 1.61 bits per heavy atom. The van der Waals surface area contributed by atoms with Crippen molar-refractivity contribution in [2.75, 3.05) is 4.90 Å². The first-order valence-corrected chi connectivity index (χ1v) is 9.58. The number of thioether (sulfide) groups is 1. The van der Waals surface area contributed by atoms with E-state index in [0.717, 1.165) is 34.4 Å². The van der Waals surface area contributed by atoms with E-state index < -0.39 is 0 Å². The third-order valence-electron chi connectivity index (χ3n) is 4.67. The van der Waals surface area contributed by atoms with Crippen molar-refractivity contribution in [1.82, 2.24) is 4.57 Å². The van der Waals surface area contributed by atoms with Crippen molar-refractivity contribution in [2.45, 2.75) is 13.8 Å². The van der Waals surface area contributed by atoms with Crippen molar-refractivity contribution in [3.05, 3.63) is 82.5 Å². The molecule has 2 heterocycles. The number of hydrogen-bond donors (Lipinski definition) is 1. The van der Waals surface area contributed by atoms with Crippen LogP contribution in [0.3, 0.4) is 0 Å². The van der Waals surface area contributed by atoms with Crippen LogP contribution in [0.15, 0.2) is 65.6 Å². The summed E-state index contributed by atoms with van der Waals surface area (Å²) in [5.41, 5.74) is 4.32. The van der Waals surface area contributed by atoms with Crippen LogP contribution in [-0.4, -0.2) is 20.8 Å². The summed E-state index contributed by atoms with van der Waals surface area (Å²) in [4.78, 5) is 26.8. The van der Waals surface area contributed by atoms with Crippen LogP contribution in [0.4, 0.5) is 10.5 Å².